The molecule has 3 aromatic rings. The summed E-state index contributed by atoms with van der Waals surface area (Å²) in [5.74, 6) is -0.891. The Kier molecular flexibility index (Phi) is 5.32. The van der Waals surface area contributed by atoms with Crippen molar-refractivity contribution in [3.05, 3.63) is 76.1 Å². The van der Waals surface area contributed by atoms with E-state index in [0.29, 0.717) is 24.5 Å². The molecular formula is C26H26F2N4O2. The third kappa shape index (κ3) is 3.76. The molecule has 0 spiro atoms. The number of hydrogen-bond acceptors (Lipinski definition) is 4. The van der Waals surface area contributed by atoms with Gasteiger partial charge in [-0.25, -0.2) is 13.5 Å². The second-order valence-electron chi connectivity index (χ2n) is 9.25. The average Bonchev–Trinajstić information content (AvgIpc) is 3.57. The lowest BCUT2D eigenvalue weighted by Gasteiger charge is -2.34. The molecule has 6 nitrogen and oxygen atoms in total. The molecule has 3 heterocycles. The molecule has 8 heteroatoms. The lowest BCUT2D eigenvalue weighted by atomic mass is 10.1. The second-order valence-corrected chi connectivity index (χ2v) is 9.25. The minimum Gasteiger partial charge on any atom is -0.493 e. The smallest absolute Gasteiger partial charge is 0.274 e. The third-order valence-electron chi connectivity index (χ3n) is 7.10. The summed E-state index contributed by atoms with van der Waals surface area (Å²) in [5, 5.41) is 4.58. The molecule has 0 unspecified atom stereocenters. The number of aromatic nitrogens is 2. The van der Waals surface area contributed by atoms with Crippen LogP contribution in [0.3, 0.4) is 0 Å². The zero-order chi connectivity index (χ0) is 23.2. The van der Waals surface area contributed by atoms with Gasteiger partial charge in [0.05, 0.1) is 12.3 Å². The van der Waals surface area contributed by atoms with Crippen LogP contribution in [0.4, 0.5) is 8.78 Å². The Morgan fingerprint density at radius 1 is 0.971 bits per heavy atom. The van der Waals surface area contributed by atoms with E-state index in [2.05, 4.69) is 28.2 Å². The van der Waals surface area contributed by atoms with Crippen LogP contribution >= 0.6 is 0 Å². The maximum absolute atomic E-state index is 13.8. The van der Waals surface area contributed by atoms with Crippen LogP contribution in [-0.4, -0.2) is 58.3 Å². The van der Waals surface area contributed by atoms with Crippen molar-refractivity contribution in [2.45, 2.75) is 32.2 Å². The number of benzene rings is 2. The lowest BCUT2D eigenvalue weighted by molar-refractivity contribution is 0.0621. The van der Waals surface area contributed by atoms with Gasteiger partial charge in [0.1, 0.15) is 5.75 Å². The topological polar surface area (TPSA) is 50.6 Å². The van der Waals surface area contributed by atoms with E-state index >= 15 is 0 Å². The number of halogens is 2. The summed E-state index contributed by atoms with van der Waals surface area (Å²) < 4.78 is 34.5. The molecular weight excluding hydrogens is 438 g/mol. The summed E-state index contributed by atoms with van der Waals surface area (Å²) in [6, 6.07) is 10.1. The summed E-state index contributed by atoms with van der Waals surface area (Å²) in [5.41, 5.74) is 5.31. The summed E-state index contributed by atoms with van der Waals surface area (Å²) in [7, 11) is 0. The standard InChI is InChI=1S/C26H26F2N4O2/c27-21-6-5-19(15-22(21)28)32-23-3-1-2-20(23)25(29-32)26(33)31-11-9-30(10-12-31)16-17-4-7-24-18(14-17)8-13-34-24/h4-7,14-15H,1-3,8-13,16H2. The van der Waals surface area contributed by atoms with Crippen LogP contribution in [0.5, 0.6) is 5.75 Å². The first-order valence-corrected chi connectivity index (χ1v) is 11.9. The molecule has 1 fully saturated rings. The molecule has 0 radical (unpaired) electrons. The van der Waals surface area contributed by atoms with E-state index in [4.69, 9.17) is 4.74 Å². The van der Waals surface area contributed by atoms with Crippen molar-refractivity contribution in [2.75, 3.05) is 32.8 Å². The lowest BCUT2D eigenvalue weighted by Crippen LogP contribution is -2.48. The van der Waals surface area contributed by atoms with Crippen LogP contribution in [0, 0.1) is 11.6 Å². The highest BCUT2D eigenvalue weighted by molar-refractivity contribution is 5.94. The monoisotopic (exact) mass is 464 g/mol. The third-order valence-corrected chi connectivity index (χ3v) is 7.10. The van der Waals surface area contributed by atoms with Crippen LogP contribution in [0.2, 0.25) is 0 Å². The number of hydrogen-bond donors (Lipinski definition) is 0. The number of nitrogens with zero attached hydrogens (tertiary/aromatic N) is 4. The Balaban J connectivity index is 1.16. The first-order chi connectivity index (χ1) is 16.6. The minimum absolute atomic E-state index is 0.0752. The molecule has 0 N–H and O–H groups in total. The van der Waals surface area contributed by atoms with Gasteiger partial charge in [0.15, 0.2) is 17.3 Å². The van der Waals surface area contributed by atoms with Crippen LogP contribution < -0.4 is 4.74 Å². The molecule has 6 rings (SSSR count). The van der Waals surface area contributed by atoms with E-state index in [1.807, 2.05) is 4.90 Å². The second kappa shape index (κ2) is 8.51. The fourth-order valence-electron chi connectivity index (χ4n) is 5.29. The van der Waals surface area contributed by atoms with Gasteiger partial charge in [-0.05, 0) is 48.6 Å². The number of ether oxygens (including phenoxy) is 1. The molecule has 0 saturated carbocycles. The van der Waals surface area contributed by atoms with E-state index in [0.717, 1.165) is 81.1 Å². The maximum Gasteiger partial charge on any atom is 0.274 e. The van der Waals surface area contributed by atoms with Crippen molar-refractivity contribution in [1.29, 1.82) is 0 Å². The van der Waals surface area contributed by atoms with Gasteiger partial charge < -0.3 is 9.64 Å². The summed E-state index contributed by atoms with van der Waals surface area (Å²) >= 11 is 0. The minimum atomic E-state index is -0.917. The quantitative estimate of drug-likeness (QED) is 0.593. The number of carbonyl (C=O) groups is 1. The summed E-state index contributed by atoms with van der Waals surface area (Å²) in [6.45, 7) is 4.49. The molecule has 2 aliphatic heterocycles. The first kappa shape index (κ1) is 21.3. The Hall–Kier alpha value is -3.26. The summed E-state index contributed by atoms with van der Waals surface area (Å²) in [6.07, 6.45) is 3.44. The van der Waals surface area contributed by atoms with Gasteiger partial charge >= 0.3 is 0 Å². The predicted molar refractivity (Wildman–Crippen MR) is 122 cm³/mol. The van der Waals surface area contributed by atoms with Crippen LogP contribution in [0.15, 0.2) is 36.4 Å². The zero-order valence-corrected chi connectivity index (χ0v) is 18.9. The van der Waals surface area contributed by atoms with E-state index in [-0.39, 0.29) is 5.91 Å². The molecule has 176 valence electrons. The number of fused-ring (bicyclic) bond motifs is 2. The van der Waals surface area contributed by atoms with Gasteiger partial charge in [-0.2, -0.15) is 5.10 Å². The van der Waals surface area contributed by atoms with Gasteiger partial charge in [0, 0.05) is 56.5 Å². The molecule has 0 bridgehead atoms. The highest BCUT2D eigenvalue weighted by Crippen LogP contribution is 2.30. The van der Waals surface area contributed by atoms with E-state index in [9.17, 15) is 13.6 Å². The number of amides is 1. The van der Waals surface area contributed by atoms with Gasteiger partial charge in [0.2, 0.25) is 0 Å². The first-order valence-electron chi connectivity index (χ1n) is 11.9. The molecule has 2 aromatic carbocycles. The van der Waals surface area contributed by atoms with Crippen molar-refractivity contribution in [3.63, 3.8) is 0 Å². The number of piperazine rings is 1. The average molecular weight is 465 g/mol. The van der Waals surface area contributed by atoms with Crippen LogP contribution in [-0.2, 0) is 25.8 Å². The molecule has 0 atom stereocenters. The SMILES string of the molecule is O=C(c1nn(-c2ccc(F)c(F)c2)c2c1CCC2)N1CCN(Cc2ccc3c(c2)CCO3)CC1. The Morgan fingerprint density at radius 2 is 1.82 bits per heavy atom. The van der Waals surface area contributed by atoms with Gasteiger partial charge in [0.25, 0.3) is 5.91 Å². The Bertz CT molecular complexity index is 1260. The highest BCUT2D eigenvalue weighted by Gasteiger charge is 2.31. The van der Waals surface area contributed by atoms with Crippen molar-refractivity contribution < 1.29 is 18.3 Å². The van der Waals surface area contributed by atoms with Crippen LogP contribution in [0.25, 0.3) is 5.69 Å². The largest absolute Gasteiger partial charge is 0.493 e. The van der Waals surface area contributed by atoms with Crippen molar-refractivity contribution in [2.24, 2.45) is 0 Å². The van der Waals surface area contributed by atoms with Crippen molar-refractivity contribution in [3.8, 4) is 11.4 Å². The molecule has 34 heavy (non-hydrogen) atoms. The van der Waals surface area contributed by atoms with Crippen LogP contribution in [0.1, 0.15) is 39.3 Å². The number of carbonyl (C=O) groups excluding carboxylic acids is 1. The zero-order valence-electron chi connectivity index (χ0n) is 18.9. The Morgan fingerprint density at radius 3 is 2.65 bits per heavy atom. The van der Waals surface area contributed by atoms with E-state index in [1.165, 1.54) is 17.2 Å². The fourth-order valence-corrected chi connectivity index (χ4v) is 5.29. The fraction of sp³-hybridized carbons (Fsp3) is 0.385. The van der Waals surface area contributed by atoms with Gasteiger partial charge in [-0.1, -0.05) is 12.1 Å². The normalized spacial score (nSPS) is 17.5. The van der Waals surface area contributed by atoms with Crippen molar-refractivity contribution in [1.82, 2.24) is 19.6 Å². The molecule has 1 amide bonds. The maximum atomic E-state index is 13.8. The molecule has 1 aromatic heterocycles. The summed E-state index contributed by atoms with van der Waals surface area (Å²) in [4.78, 5) is 17.6. The molecule has 3 aliphatic rings. The van der Waals surface area contributed by atoms with E-state index < -0.39 is 11.6 Å². The Labute approximate surface area is 196 Å². The van der Waals surface area contributed by atoms with Gasteiger partial charge in [-0.15, -0.1) is 0 Å². The van der Waals surface area contributed by atoms with Gasteiger partial charge in [-0.3, -0.25) is 9.69 Å². The molecule has 1 aliphatic carbocycles. The predicted octanol–water partition coefficient (Wildman–Crippen LogP) is 3.53. The van der Waals surface area contributed by atoms with E-state index in [1.54, 1.807) is 4.68 Å². The van der Waals surface area contributed by atoms with Crippen molar-refractivity contribution >= 4 is 5.91 Å². The highest BCUT2D eigenvalue weighted by atomic mass is 19.2. The molecule has 1 saturated heterocycles. The number of rotatable bonds is 4.